The van der Waals surface area contributed by atoms with Crippen molar-refractivity contribution in [3.8, 4) is 0 Å². The SMILES string of the molecule is CCN(CC)c1ccc(C2c3c(nc(SC)[nH]c3=O)N=C3CC(C)(C)CC(=O)C32)cc1. The Morgan fingerprint density at radius 1 is 1.10 bits per heavy atom. The molecule has 1 fully saturated rings. The number of Topliss-reactive ketones (excluding diaryl/α,β-unsaturated/α-hetero) is 1. The normalized spacial score (nSPS) is 21.8. The van der Waals surface area contributed by atoms with Gasteiger partial charge in [-0.3, -0.25) is 9.59 Å². The molecule has 1 aliphatic heterocycles. The molecule has 2 unspecified atom stereocenters. The highest BCUT2D eigenvalue weighted by Gasteiger charge is 2.47. The second-order valence-corrected chi connectivity index (χ2v) is 9.91. The molecule has 4 rings (SSSR count). The average Bonchev–Trinajstić information content (AvgIpc) is 2.72. The fraction of sp³-hybridized carbons (Fsp3) is 0.500. The Balaban J connectivity index is 1.87. The van der Waals surface area contributed by atoms with E-state index in [-0.39, 0.29) is 22.7 Å². The standard InChI is InChI=1S/C24H30N4O2S/c1-6-28(7-2)15-10-8-14(9-11-15)18-19-16(12-24(3,4)13-17(19)29)25-21-20(18)22(30)27-23(26-21)31-5/h8-11,18-19H,6-7,12-13H2,1-5H3,(H,26,27,30). The molecule has 1 aromatic carbocycles. The van der Waals surface area contributed by atoms with Crippen molar-refractivity contribution >= 4 is 34.8 Å². The number of thioether (sulfide) groups is 1. The molecule has 6 nitrogen and oxygen atoms in total. The van der Waals surface area contributed by atoms with Crippen LogP contribution in [0.15, 0.2) is 39.2 Å². The van der Waals surface area contributed by atoms with E-state index in [2.05, 4.69) is 66.8 Å². The molecule has 2 aliphatic rings. The summed E-state index contributed by atoms with van der Waals surface area (Å²) in [4.78, 5) is 40.9. The lowest BCUT2D eigenvalue weighted by atomic mass is 9.64. The number of carbonyl (C=O) groups excluding carboxylic acids is 1. The summed E-state index contributed by atoms with van der Waals surface area (Å²) in [5.41, 5.74) is 3.14. The third-order valence-corrected chi connectivity index (χ3v) is 6.98. The molecule has 0 radical (unpaired) electrons. The van der Waals surface area contributed by atoms with Gasteiger partial charge in [-0.2, -0.15) is 0 Å². The van der Waals surface area contributed by atoms with Crippen molar-refractivity contribution in [2.45, 2.75) is 51.6 Å². The van der Waals surface area contributed by atoms with Gasteiger partial charge in [-0.05, 0) is 49.6 Å². The van der Waals surface area contributed by atoms with E-state index in [1.165, 1.54) is 11.8 Å². The van der Waals surface area contributed by atoms with E-state index < -0.39 is 5.92 Å². The summed E-state index contributed by atoms with van der Waals surface area (Å²) in [7, 11) is 0. The number of carbonyl (C=O) groups is 1. The molecule has 164 valence electrons. The van der Waals surface area contributed by atoms with Crippen LogP contribution in [-0.2, 0) is 4.79 Å². The molecular weight excluding hydrogens is 408 g/mol. The Morgan fingerprint density at radius 3 is 2.39 bits per heavy atom. The van der Waals surface area contributed by atoms with Crippen LogP contribution < -0.4 is 10.5 Å². The summed E-state index contributed by atoms with van der Waals surface area (Å²) in [6.07, 6.45) is 3.11. The van der Waals surface area contributed by atoms with Crippen molar-refractivity contribution in [1.29, 1.82) is 0 Å². The molecule has 2 atom stereocenters. The summed E-state index contributed by atoms with van der Waals surface area (Å²) in [6.45, 7) is 10.3. The largest absolute Gasteiger partial charge is 0.372 e. The average molecular weight is 439 g/mol. The van der Waals surface area contributed by atoms with Crippen LogP contribution in [0.1, 0.15) is 57.6 Å². The third kappa shape index (κ3) is 3.95. The number of aliphatic imine (C=N–C) groups is 1. The van der Waals surface area contributed by atoms with Crippen molar-refractivity contribution in [3.05, 3.63) is 45.7 Å². The number of hydrogen-bond acceptors (Lipinski definition) is 6. The second kappa shape index (κ2) is 8.26. The number of benzene rings is 1. The summed E-state index contributed by atoms with van der Waals surface area (Å²) >= 11 is 1.38. The number of hydrogen-bond donors (Lipinski definition) is 1. The summed E-state index contributed by atoms with van der Waals surface area (Å²) in [5, 5.41) is 0.545. The minimum absolute atomic E-state index is 0.134. The molecule has 1 aromatic heterocycles. The van der Waals surface area contributed by atoms with Crippen LogP contribution in [0.4, 0.5) is 11.5 Å². The van der Waals surface area contributed by atoms with Gasteiger partial charge in [-0.25, -0.2) is 9.98 Å². The molecule has 0 saturated heterocycles. The number of nitrogens with zero attached hydrogens (tertiary/aromatic N) is 3. The fourth-order valence-corrected chi connectivity index (χ4v) is 5.35. The number of ketones is 1. The van der Waals surface area contributed by atoms with E-state index in [0.29, 0.717) is 23.0 Å². The van der Waals surface area contributed by atoms with Crippen molar-refractivity contribution in [1.82, 2.24) is 9.97 Å². The van der Waals surface area contributed by atoms with Gasteiger partial charge in [0.25, 0.3) is 5.56 Å². The Labute approximate surface area is 187 Å². The smallest absolute Gasteiger partial charge is 0.257 e. The molecule has 1 N–H and O–H groups in total. The third-order valence-electron chi connectivity index (χ3n) is 6.40. The van der Waals surface area contributed by atoms with Crippen LogP contribution >= 0.6 is 11.8 Å². The molecule has 2 heterocycles. The van der Waals surface area contributed by atoms with Crippen molar-refractivity contribution in [2.75, 3.05) is 24.2 Å². The van der Waals surface area contributed by atoms with Crippen molar-refractivity contribution < 1.29 is 4.79 Å². The quantitative estimate of drug-likeness (QED) is 0.547. The van der Waals surface area contributed by atoms with E-state index in [9.17, 15) is 9.59 Å². The minimum Gasteiger partial charge on any atom is -0.372 e. The summed E-state index contributed by atoms with van der Waals surface area (Å²) in [5.74, 6) is -0.138. The van der Waals surface area contributed by atoms with Crippen LogP contribution in [0.2, 0.25) is 0 Å². The first kappa shape index (κ1) is 21.8. The van der Waals surface area contributed by atoms with E-state index in [0.717, 1.165) is 36.5 Å². The van der Waals surface area contributed by atoms with Gasteiger partial charge in [0.05, 0.1) is 11.5 Å². The molecule has 2 aromatic rings. The number of aromatic amines is 1. The van der Waals surface area contributed by atoms with Gasteiger partial charge in [0.15, 0.2) is 11.0 Å². The van der Waals surface area contributed by atoms with Gasteiger partial charge in [0, 0.05) is 36.8 Å². The van der Waals surface area contributed by atoms with Crippen LogP contribution in [0, 0.1) is 11.3 Å². The number of rotatable bonds is 5. The Bertz CT molecular complexity index is 1080. The molecule has 1 aliphatic carbocycles. The Morgan fingerprint density at radius 2 is 1.77 bits per heavy atom. The highest BCUT2D eigenvalue weighted by Crippen LogP contribution is 2.47. The second-order valence-electron chi connectivity index (χ2n) is 9.12. The number of H-pyrrole nitrogens is 1. The maximum absolute atomic E-state index is 13.3. The molecule has 1 saturated carbocycles. The maximum atomic E-state index is 13.3. The zero-order valence-electron chi connectivity index (χ0n) is 18.9. The van der Waals surface area contributed by atoms with Gasteiger partial charge in [-0.15, -0.1) is 0 Å². The fourth-order valence-electron chi connectivity index (χ4n) is 4.97. The van der Waals surface area contributed by atoms with E-state index in [4.69, 9.17) is 4.99 Å². The number of aromatic nitrogens is 2. The molecule has 7 heteroatoms. The lowest BCUT2D eigenvalue weighted by Gasteiger charge is -2.40. The maximum Gasteiger partial charge on any atom is 0.257 e. The summed E-state index contributed by atoms with van der Waals surface area (Å²) < 4.78 is 0. The van der Waals surface area contributed by atoms with Gasteiger partial charge < -0.3 is 9.88 Å². The van der Waals surface area contributed by atoms with E-state index in [1.54, 1.807) is 0 Å². The number of nitrogens with one attached hydrogen (secondary N) is 1. The van der Waals surface area contributed by atoms with E-state index in [1.807, 2.05) is 6.26 Å². The van der Waals surface area contributed by atoms with Crippen molar-refractivity contribution in [3.63, 3.8) is 0 Å². The first-order chi connectivity index (χ1) is 14.8. The molecule has 0 spiro atoms. The number of anilines is 1. The first-order valence-corrected chi connectivity index (χ1v) is 12.1. The lowest BCUT2D eigenvalue weighted by molar-refractivity contribution is -0.124. The first-order valence-electron chi connectivity index (χ1n) is 10.9. The predicted molar refractivity (Wildman–Crippen MR) is 127 cm³/mol. The monoisotopic (exact) mass is 438 g/mol. The predicted octanol–water partition coefficient (Wildman–Crippen LogP) is 4.56. The Hall–Kier alpha value is -2.41. The van der Waals surface area contributed by atoms with Crippen molar-refractivity contribution in [2.24, 2.45) is 16.3 Å². The summed E-state index contributed by atoms with van der Waals surface area (Å²) in [6, 6.07) is 8.28. The van der Waals surface area contributed by atoms with Gasteiger partial charge in [-0.1, -0.05) is 37.7 Å². The van der Waals surface area contributed by atoms with Crippen LogP contribution in [0.5, 0.6) is 0 Å². The highest BCUT2D eigenvalue weighted by atomic mass is 32.2. The number of fused-ring (bicyclic) bond motifs is 2. The van der Waals surface area contributed by atoms with Crippen LogP contribution in [0.25, 0.3) is 0 Å². The van der Waals surface area contributed by atoms with Gasteiger partial charge in [0.2, 0.25) is 0 Å². The van der Waals surface area contributed by atoms with E-state index >= 15 is 0 Å². The zero-order valence-corrected chi connectivity index (χ0v) is 19.7. The Kier molecular flexibility index (Phi) is 5.81. The zero-order chi connectivity index (χ0) is 22.3. The topological polar surface area (TPSA) is 78.4 Å². The highest BCUT2D eigenvalue weighted by molar-refractivity contribution is 7.98. The van der Waals surface area contributed by atoms with Gasteiger partial charge >= 0.3 is 0 Å². The molecule has 0 amide bonds. The molecule has 0 bridgehead atoms. The van der Waals surface area contributed by atoms with Crippen LogP contribution in [-0.4, -0.2) is 40.8 Å². The van der Waals surface area contributed by atoms with Crippen LogP contribution in [0.3, 0.4) is 0 Å². The minimum atomic E-state index is -0.400. The lowest BCUT2D eigenvalue weighted by Crippen LogP contribution is -2.44. The van der Waals surface area contributed by atoms with Gasteiger partial charge in [0.1, 0.15) is 5.78 Å². The molecular formula is C24H30N4O2S. The molecule has 31 heavy (non-hydrogen) atoms.